The highest BCUT2D eigenvalue weighted by molar-refractivity contribution is 7.99. The normalized spacial score (nSPS) is 12.5. The average Bonchev–Trinajstić information content (AvgIpc) is 2.16. The Hall–Kier alpha value is -0.220. The maximum absolute atomic E-state index is 11.0. The molecule has 0 saturated carbocycles. The predicted octanol–water partition coefficient (Wildman–Crippen LogP) is 1.30. The highest BCUT2D eigenvalue weighted by Gasteiger charge is 2.11. The van der Waals surface area contributed by atoms with Gasteiger partial charge in [-0.05, 0) is 18.6 Å². The number of methoxy groups -OCH3 is 1. The molecule has 13 heavy (non-hydrogen) atoms. The van der Waals surface area contributed by atoms with Crippen LogP contribution >= 0.6 is 11.8 Å². The van der Waals surface area contributed by atoms with Gasteiger partial charge in [0, 0.05) is 12.4 Å². The van der Waals surface area contributed by atoms with Crippen molar-refractivity contribution >= 4 is 17.7 Å². The Morgan fingerprint density at radius 3 is 2.77 bits per heavy atom. The smallest absolute Gasteiger partial charge is 0.309 e. The molecule has 3 nitrogen and oxygen atoms in total. The molecule has 0 aliphatic carbocycles. The maximum Gasteiger partial charge on any atom is 0.309 e. The minimum Gasteiger partial charge on any atom is -0.469 e. The summed E-state index contributed by atoms with van der Waals surface area (Å²) in [5.41, 5.74) is 0. The SMILES string of the molecule is COC(=O)C(C)CSCCCCO. The van der Waals surface area contributed by atoms with E-state index in [1.165, 1.54) is 7.11 Å². The van der Waals surface area contributed by atoms with E-state index in [0.717, 1.165) is 24.3 Å². The number of hydrogen-bond donors (Lipinski definition) is 1. The summed E-state index contributed by atoms with van der Waals surface area (Å²) in [6, 6.07) is 0. The van der Waals surface area contributed by atoms with Crippen molar-refractivity contribution in [2.75, 3.05) is 25.2 Å². The molecule has 0 aliphatic heterocycles. The lowest BCUT2D eigenvalue weighted by Crippen LogP contribution is -2.15. The zero-order valence-corrected chi connectivity index (χ0v) is 9.10. The van der Waals surface area contributed by atoms with E-state index in [4.69, 9.17) is 5.11 Å². The second-order valence-corrected chi connectivity index (χ2v) is 4.08. The van der Waals surface area contributed by atoms with Gasteiger partial charge in [0.15, 0.2) is 0 Å². The Balaban J connectivity index is 3.26. The van der Waals surface area contributed by atoms with Gasteiger partial charge in [-0.3, -0.25) is 4.79 Å². The van der Waals surface area contributed by atoms with Gasteiger partial charge in [0.05, 0.1) is 13.0 Å². The zero-order chi connectivity index (χ0) is 10.1. The summed E-state index contributed by atoms with van der Waals surface area (Å²) >= 11 is 1.73. The standard InChI is InChI=1S/C9H18O3S/c1-8(9(11)12-2)7-13-6-4-3-5-10/h8,10H,3-7H2,1-2H3. The van der Waals surface area contributed by atoms with Crippen molar-refractivity contribution in [1.82, 2.24) is 0 Å². The lowest BCUT2D eigenvalue weighted by atomic mass is 10.2. The molecule has 0 aromatic carbocycles. The van der Waals surface area contributed by atoms with Gasteiger partial charge >= 0.3 is 5.97 Å². The molecule has 0 heterocycles. The monoisotopic (exact) mass is 206 g/mol. The van der Waals surface area contributed by atoms with E-state index in [0.29, 0.717) is 0 Å². The number of unbranched alkanes of at least 4 members (excludes halogenated alkanes) is 1. The highest BCUT2D eigenvalue weighted by atomic mass is 32.2. The fourth-order valence-corrected chi connectivity index (χ4v) is 1.91. The summed E-state index contributed by atoms with van der Waals surface area (Å²) in [6.07, 6.45) is 1.86. The largest absolute Gasteiger partial charge is 0.469 e. The maximum atomic E-state index is 11.0. The van der Waals surface area contributed by atoms with Gasteiger partial charge in [-0.25, -0.2) is 0 Å². The van der Waals surface area contributed by atoms with Gasteiger partial charge in [0.25, 0.3) is 0 Å². The predicted molar refractivity (Wildman–Crippen MR) is 54.8 cm³/mol. The molecule has 0 aromatic rings. The molecule has 0 fully saturated rings. The van der Waals surface area contributed by atoms with E-state index in [2.05, 4.69) is 4.74 Å². The average molecular weight is 206 g/mol. The number of aliphatic hydroxyl groups excluding tert-OH is 1. The van der Waals surface area contributed by atoms with Crippen molar-refractivity contribution in [2.45, 2.75) is 19.8 Å². The molecule has 1 unspecified atom stereocenters. The third kappa shape index (κ3) is 6.90. The Kier molecular flexibility index (Phi) is 8.24. The molecule has 0 amide bonds. The summed E-state index contributed by atoms with van der Waals surface area (Å²) < 4.78 is 4.60. The number of aliphatic hydroxyl groups is 1. The van der Waals surface area contributed by atoms with E-state index >= 15 is 0 Å². The molecule has 1 N–H and O–H groups in total. The second kappa shape index (κ2) is 8.38. The molecule has 0 bridgehead atoms. The first-order chi connectivity index (χ1) is 6.22. The molecule has 4 heteroatoms. The minimum absolute atomic E-state index is 0.0240. The van der Waals surface area contributed by atoms with Gasteiger partial charge < -0.3 is 9.84 Å². The Morgan fingerprint density at radius 1 is 1.54 bits per heavy atom. The molecule has 0 radical (unpaired) electrons. The minimum atomic E-state index is -0.144. The molecule has 0 spiro atoms. The molecular formula is C9H18O3S. The van der Waals surface area contributed by atoms with Crippen molar-refractivity contribution in [2.24, 2.45) is 5.92 Å². The first kappa shape index (κ1) is 12.8. The number of rotatable bonds is 7. The van der Waals surface area contributed by atoms with Crippen molar-refractivity contribution in [1.29, 1.82) is 0 Å². The fraction of sp³-hybridized carbons (Fsp3) is 0.889. The third-order valence-electron chi connectivity index (χ3n) is 1.67. The van der Waals surface area contributed by atoms with Crippen LogP contribution in [0, 0.1) is 5.92 Å². The van der Waals surface area contributed by atoms with Crippen molar-refractivity contribution in [3.63, 3.8) is 0 Å². The quantitative estimate of drug-likeness (QED) is 0.504. The van der Waals surface area contributed by atoms with Crippen molar-refractivity contribution in [3.8, 4) is 0 Å². The lowest BCUT2D eigenvalue weighted by Gasteiger charge is -2.07. The summed E-state index contributed by atoms with van der Waals surface area (Å²) in [4.78, 5) is 11.0. The molecule has 0 rings (SSSR count). The van der Waals surface area contributed by atoms with Gasteiger partial charge in [0.2, 0.25) is 0 Å². The van der Waals surface area contributed by atoms with Gasteiger partial charge in [-0.2, -0.15) is 11.8 Å². The van der Waals surface area contributed by atoms with Gasteiger partial charge in [-0.1, -0.05) is 6.92 Å². The van der Waals surface area contributed by atoms with Crippen LogP contribution in [0.5, 0.6) is 0 Å². The molecule has 0 saturated heterocycles. The Labute approximate surface area is 83.9 Å². The molecule has 0 aliphatic rings. The van der Waals surface area contributed by atoms with E-state index in [1.54, 1.807) is 11.8 Å². The van der Waals surface area contributed by atoms with Gasteiger partial charge in [0.1, 0.15) is 0 Å². The number of ether oxygens (including phenoxy) is 1. The van der Waals surface area contributed by atoms with Crippen LogP contribution in [0.25, 0.3) is 0 Å². The van der Waals surface area contributed by atoms with Crippen LogP contribution in [0.2, 0.25) is 0 Å². The zero-order valence-electron chi connectivity index (χ0n) is 8.28. The number of hydrogen-bond acceptors (Lipinski definition) is 4. The number of esters is 1. The molecule has 1 atom stereocenters. The van der Waals surface area contributed by atoms with Crippen LogP contribution in [0.15, 0.2) is 0 Å². The summed E-state index contributed by atoms with van der Waals surface area (Å²) in [7, 11) is 1.41. The summed E-state index contributed by atoms with van der Waals surface area (Å²) in [6.45, 7) is 2.12. The molecular weight excluding hydrogens is 188 g/mol. The summed E-state index contributed by atoms with van der Waals surface area (Å²) in [5.74, 6) is 1.64. The first-order valence-corrected chi connectivity index (χ1v) is 5.64. The van der Waals surface area contributed by atoms with Crippen LogP contribution in [0.3, 0.4) is 0 Å². The first-order valence-electron chi connectivity index (χ1n) is 4.48. The van der Waals surface area contributed by atoms with E-state index in [-0.39, 0.29) is 18.5 Å². The van der Waals surface area contributed by atoms with Crippen LogP contribution in [0.4, 0.5) is 0 Å². The van der Waals surface area contributed by atoms with Crippen LogP contribution in [0.1, 0.15) is 19.8 Å². The van der Waals surface area contributed by atoms with Crippen molar-refractivity contribution < 1.29 is 14.6 Å². The molecule has 78 valence electrons. The highest BCUT2D eigenvalue weighted by Crippen LogP contribution is 2.11. The number of carbonyl (C=O) groups is 1. The second-order valence-electron chi connectivity index (χ2n) is 2.93. The number of carbonyl (C=O) groups excluding carboxylic acids is 1. The van der Waals surface area contributed by atoms with Crippen molar-refractivity contribution in [3.05, 3.63) is 0 Å². The van der Waals surface area contributed by atoms with Crippen LogP contribution < -0.4 is 0 Å². The van der Waals surface area contributed by atoms with Crippen LogP contribution in [-0.4, -0.2) is 36.3 Å². The lowest BCUT2D eigenvalue weighted by molar-refractivity contribution is -0.143. The Morgan fingerprint density at radius 2 is 2.23 bits per heavy atom. The molecule has 0 aromatic heterocycles. The van der Waals surface area contributed by atoms with E-state index in [9.17, 15) is 4.79 Å². The topological polar surface area (TPSA) is 46.5 Å². The van der Waals surface area contributed by atoms with Crippen LogP contribution in [-0.2, 0) is 9.53 Å². The van der Waals surface area contributed by atoms with Gasteiger partial charge in [-0.15, -0.1) is 0 Å². The fourth-order valence-electron chi connectivity index (χ4n) is 0.845. The Bertz CT molecular complexity index is 139. The van der Waals surface area contributed by atoms with E-state index < -0.39 is 0 Å². The van der Waals surface area contributed by atoms with E-state index in [1.807, 2.05) is 6.92 Å². The third-order valence-corrected chi connectivity index (χ3v) is 2.98. The summed E-state index contributed by atoms with van der Waals surface area (Å²) in [5, 5.41) is 8.52. The number of thioether (sulfide) groups is 1.